The SMILES string of the molecule is CCC(C)(C)Nc1nc(-c2cnc3ccc(C#N)cn23)ncc1Br. The van der Waals surface area contributed by atoms with Gasteiger partial charge in [0.2, 0.25) is 0 Å². The number of hydrogen-bond donors (Lipinski definition) is 1. The van der Waals surface area contributed by atoms with Gasteiger partial charge in [0.05, 0.1) is 16.2 Å². The lowest BCUT2D eigenvalue weighted by molar-refractivity contribution is 0.544. The molecule has 0 amide bonds. The first-order chi connectivity index (χ1) is 11.4. The van der Waals surface area contributed by atoms with E-state index in [0.29, 0.717) is 11.4 Å². The fraction of sp³-hybridized carbons (Fsp3) is 0.294. The van der Waals surface area contributed by atoms with Crippen molar-refractivity contribution < 1.29 is 0 Å². The summed E-state index contributed by atoms with van der Waals surface area (Å²) in [5, 5.41) is 12.5. The molecule has 0 radical (unpaired) electrons. The Labute approximate surface area is 148 Å². The molecule has 3 heterocycles. The standard InChI is InChI=1S/C17H17BrN6/c1-4-17(2,3)23-15-12(18)8-21-16(22-15)13-9-20-14-6-5-11(7-19)10-24(13)14/h5-6,8-10H,4H2,1-3H3,(H,21,22,23). The Balaban J connectivity index is 2.09. The molecule has 0 atom stereocenters. The summed E-state index contributed by atoms with van der Waals surface area (Å²) in [6, 6.07) is 5.68. The molecular formula is C17H17BrN6. The molecule has 122 valence electrons. The van der Waals surface area contributed by atoms with Crippen molar-refractivity contribution in [2.24, 2.45) is 0 Å². The number of hydrogen-bond acceptors (Lipinski definition) is 5. The number of rotatable bonds is 4. The fourth-order valence-electron chi connectivity index (χ4n) is 2.20. The normalized spacial score (nSPS) is 11.5. The second-order valence-electron chi connectivity index (χ2n) is 6.15. The molecule has 1 N–H and O–H groups in total. The molecular weight excluding hydrogens is 368 g/mol. The van der Waals surface area contributed by atoms with E-state index in [4.69, 9.17) is 5.26 Å². The smallest absolute Gasteiger partial charge is 0.180 e. The zero-order valence-electron chi connectivity index (χ0n) is 13.7. The third kappa shape index (κ3) is 3.10. The van der Waals surface area contributed by atoms with E-state index in [1.54, 1.807) is 30.7 Å². The summed E-state index contributed by atoms with van der Waals surface area (Å²) < 4.78 is 2.63. The van der Waals surface area contributed by atoms with Crippen LogP contribution in [0.15, 0.2) is 35.2 Å². The van der Waals surface area contributed by atoms with E-state index in [1.807, 2.05) is 4.40 Å². The van der Waals surface area contributed by atoms with Crippen LogP contribution in [0.4, 0.5) is 5.82 Å². The van der Waals surface area contributed by atoms with Crippen LogP contribution in [0.1, 0.15) is 32.8 Å². The molecule has 0 saturated carbocycles. The second kappa shape index (κ2) is 6.21. The molecule has 0 unspecified atom stereocenters. The number of imidazole rings is 1. The highest BCUT2D eigenvalue weighted by molar-refractivity contribution is 9.10. The number of aromatic nitrogens is 4. The Kier molecular flexibility index (Phi) is 4.24. The number of fused-ring (bicyclic) bond motifs is 1. The highest BCUT2D eigenvalue weighted by Crippen LogP contribution is 2.27. The molecule has 0 aliphatic rings. The number of nitriles is 1. The summed E-state index contributed by atoms with van der Waals surface area (Å²) >= 11 is 3.50. The van der Waals surface area contributed by atoms with E-state index in [1.165, 1.54) is 0 Å². The zero-order chi connectivity index (χ0) is 17.3. The van der Waals surface area contributed by atoms with Gasteiger partial charge >= 0.3 is 0 Å². The van der Waals surface area contributed by atoms with Crippen LogP contribution in [-0.2, 0) is 0 Å². The molecule has 0 spiro atoms. The van der Waals surface area contributed by atoms with Crippen molar-refractivity contribution in [1.29, 1.82) is 5.26 Å². The van der Waals surface area contributed by atoms with E-state index < -0.39 is 0 Å². The maximum atomic E-state index is 9.10. The Morgan fingerprint density at radius 3 is 2.79 bits per heavy atom. The largest absolute Gasteiger partial charge is 0.364 e. The van der Waals surface area contributed by atoms with Crippen molar-refractivity contribution in [3.8, 4) is 17.6 Å². The number of nitrogens with zero attached hydrogens (tertiary/aromatic N) is 5. The maximum absolute atomic E-state index is 9.10. The first-order valence-electron chi connectivity index (χ1n) is 7.62. The lowest BCUT2D eigenvalue weighted by atomic mass is 10.0. The van der Waals surface area contributed by atoms with E-state index in [-0.39, 0.29) is 5.54 Å². The number of pyridine rings is 1. The highest BCUT2D eigenvalue weighted by Gasteiger charge is 2.18. The van der Waals surface area contributed by atoms with Gasteiger partial charge in [-0.15, -0.1) is 0 Å². The van der Waals surface area contributed by atoms with Gasteiger partial charge in [0.15, 0.2) is 5.82 Å². The summed E-state index contributed by atoms with van der Waals surface area (Å²) in [6.45, 7) is 6.36. The lowest BCUT2D eigenvalue weighted by Gasteiger charge is -2.25. The molecule has 0 aliphatic heterocycles. The zero-order valence-corrected chi connectivity index (χ0v) is 15.3. The van der Waals surface area contributed by atoms with Gasteiger partial charge in [0, 0.05) is 17.9 Å². The minimum atomic E-state index is -0.0817. The van der Waals surface area contributed by atoms with Crippen LogP contribution in [0.3, 0.4) is 0 Å². The molecule has 3 aromatic heterocycles. The molecule has 3 rings (SSSR count). The lowest BCUT2D eigenvalue weighted by Crippen LogP contribution is -2.30. The maximum Gasteiger partial charge on any atom is 0.180 e. The predicted octanol–water partition coefficient (Wildman–Crippen LogP) is 4.03. The summed E-state index contributed by atoms with van der Waals surface area (Å²) in [7, 11) is 0. The summed E-state index contributed by atoms with van der Waals surface area (Å²) in [6.07, 6.45) is 6.14. The van der Waals surface area contributed by atoms with Crippen molar-refractivity contribution in [2.45, 2.75) is 32.7 Å². The van der Waals surface area contributed by atoms with Crippen molar-refractivity contribution >= 4 is 27.4 Å². The Hall–Kier alpha value is -2.46. The quantitative estimate of drug-likeness (QED) is 0.734. The first-order valence-corrected chi connectivity index (χ1v) is 8.41. The summed E-state index contributed by atoms with van der Waals surface area (Å²) in [4.78, 5) is 13.4. The molecule has 0 bridgehead atoms. The Morgan fingerprint density at radius 2 is 2.08 bits per heavy atom. The average Bonchev–Trinajstić information content (AvgIpc) is 2.99. The van der Waals surface area contributed by atoms with Crippen LogP contribution < -0.4 is 5.32 Å². The molecule has 0 aliphatic carbocycles. The van der Waals surface area contributed by atoms with Crippen LogP contribution >= 0.6 is 15.9 Å². The topological polar surface area (TPSA) is 78.9 Å². The van der Waals surface area contributed by atoms with Gasteiger partial charge in [0.1, 0.15) is 23.2 Å². The van der Waals surface area contributed by atoms with Crippen LogP contribution in [0.5, 0.6) is 0 Å². The van der Waals surface area contributed by atoms with E-state index in [2.05, 4.69) is 63.0 Å². The summed E-state index contributed by atoms with van der Waals surface area (Å²) in [5.41, 5.74) is 1.97. The van der Waals surface area contributed by atoms with Gasteiger partial charge in [-0.2, -0.15) is 5.26 Å². The van der Waals surface area contributed by atoms with Crippen molar-refractivity contribution in [1.82, 2.24) is 19.4 Å². The van der Waals surface area contributed by atoms with Gasteiger partial charge < -0.3 is 5.32 Å². The third-order valence-corrected chi connectivity index (χ3v) is 4.53. The van der Waals surface area contributed by atoms with Crippen LogP contribution in [-0.4, -0.2) is 24.9 Å². The van der Waals surface area contributed by atoms with E-state index >= 15 is 0 Å². The molecule has 0 saturated heterocycles. The number of anilines is 1. The van der Waals surface area contributed by atoms with E-state index in [9.17, 15) is 0 Å². The molecule has 24 heavy (non-hydrogen) atoms. The van der Waals surface area contributed by atoms with Gasteiger partial charge in [-0.25, -0.2) is 15.0 Å². The molecule has 3 aromatic rings. The Morgan fingerprint density at radius 1 is 1.29 bits per heavy atom. The number of halogens is 1. The molecule has 7 heteroatoms. The van der Waals surface area contributed by atoms with Gasteiger partial charge in [0.25, 0.3) is 0 Å². The van der Waals surface area contributed by atoms with Crippen molar-refractivity contribution in [3.63, 3.8) is 0 Å². The monoisotopic (exact) mass is 384 g/mol. The minimum Gasteiger partial charge on any atom is -0.364 e. The van der Waals surface area contributed by atoms with Gasteiger partial charge in [-0.1, -0.05) is 6.92 Å². The van der Waals surface area contributed by atoms with Crippen molar-refractivity contribution in [2.75, 3.05) is 5.32 Å². The molecule has 6 nitrogen and oxygen atoms in total. The Bertz CT molecular complexity index is 938. The van der Waals surface area contributed by atoms with Crippen LogP contribution in [0, 0.1) is 11.3 Å². The van der Waals surface area contributed by atoms with Crippen molar-refractivity contribution in [3.05, 3.63) is 40.8 Å². The van der Waals surface area contributed by atoms with Crippen LogP contribution in [0.25, 0.3) is 17.2 Å². The van der Waals surface area contributed by atoms with E-state index in [0.717, 1.165) is 28.1 Å². The van der Waals surface area contributed by atoms with Crippen LogP contribution in [0.2, 0.25) is 0 Å². The predicted molar refractivity (Wildman–Crippen MR) is 96.6 cm³/mol. The van der Waals surface area contributed by atoms with Gasteiger partial charge in [-0.05, 0) is 48.3 Å². The average molecular weight is 385 g/mol. The highest BCUT2D eigenvalue weighted by atomic mass is 79.9. The molecule has 0 fully saturated rings. The van der Waals surface area contributed by atoms with Gasteiger partial charge in [-0.3, -0.25) is 4.40 Å². The third-order valence-electron chi connectivity index (χ3n) is 3.95. The fourth-order valence-corrected chi connectivity index (χ4v) is 2.49. The molecule has 0 aromatic carbocycles. The summed E-state index contributed by atoms with van der Waals surface area (Å²) in [5.74, 6) is 1.29. The second-order valence-corrected chi connectivity index (χ2v) is 7.01. The first kappa shape index (κ1) is 16.4. The number of nitrogens with one attached hydrogen (secondary N) is 1. The minimum absolute atomic E-state index is 0.0817.